The Labute approximate surface area is 98.5 Å². The largest absolute Gasteiger partial charge is 0.368 e. The molecule has 0 bridgehead atoms. The van der Waals surface area contributed by atoms with Crippen LogP contribution in [0, 0.1) is 5.82 Å². The lowest BCUT2D eigenvalue weighted by atomic mass is 10.0. The lowest BCUT2D eigenvalue weighted by molar-refractivity contribution is -0.134. The van der Waals surface area contributed by atoms with Gasteiger partial charge in [0.2, 0.25) is 11.8 Å². The molecule has 0 fully saturated rings. The van der Waals surface area contributed by atoms with E-state index in [1.54, 1.807) is 0 Å². The first-order chi connectivity index (χ1) is 7.97. The fourth-order valence-electron chi connectivity index (χ4n) is 1.53. The van der Waals surface area contributed by atoms with Gasteiger partial charge in [0.25, 0.3) is 0 Å². The highest BCUT2D eigenvalue weighted by atomic mass is 19.1. The average molecular weight is 236 g/mol. The predicted octanol–water partition coefficient (Wildman–Crippen LogP) is 0.996. The Morgan fingerprint density at radius 2 is 2.18 bits per heavy atom. The van der Waals surface area contributed by atoms with Crippen LogP contribution in [0.15, 0.2) is 36.9 Å². The molecule has 4 nitrogen and oxygen atoms in total. The molecule has 2 amide bonds. The van der Waals surface area contributed by atoms with Gasteiger partial charge in [0.05, 0.1) is 0 Å². The van der Waals surface area contributed by atoms with Crippen molar-refractivity contribution >= 4 is 11.8 Å². The molecule has 0 saturated heterocycles. The topological polar surface area (TPSA) is 63.4 Å². The maximum Gasteiger partial charge on any atom is 0.246 e. The molecule has 1 aromatic carbocycles. The van der Waals surface area contributed by atoms with Crippen LogP contribution < -0.4 is 5.73 Å². The Morgan fingerprint density at radius 1 is 1.53 bits per heavy atom. The van der Waals surface area contributed by atoms with Crippen molar-refractivity contribution in [3.8, 4) is 0 Å². The summed E-state index contributed by atoms with van der Waals surface area (Å²) in [5.41, 5.74) is 5.55. The zero-order chi connectivity index (χ0) is 13.0. The molecule has 1 atom stereocenters. The lowest BCUT2D eigenvalue weighted by Crippen LogP contribution is -2.38. The summed E-state index contributed by atoms with van der Waals surface area (Å²) in [4.78, 5) is 23.9. The monoisotopic (exact) mass is 236 g/mol. The van der Waals surface area contributed by atoms with Crippen molar-refractivity contribution in [3.63, 3.8) is 0 Å². The number of halogens is 1. The third kappa shape index (κ3) is 2.90. The van der Waals surface area contributed by atoms with Gasteiger partial charge in [-0.15, -0.1) is 0 Å². The van der Waals surface area contributed by atoms with Crippen molar-refractivity contribution in [2.45, 2.75) is 6.04 Å². The average Bonchev–Trinajstić information content (AvgIpc) is 2.27. The highest BCUT2D eigenvalue weighted by molar-refractivity contribution is 5.92. The van der Waals surface area contributed by atoms with E-state index in [2.05, 4.69) is 6.58 Å². The van der Waals surface area contributed by atoms with Crippen LogP contribution in [0.3, 0.4) is 0 Å². The first kappa shape index (κ1) is 12.9. The van der Waals surface area contributed by atoms with Crippen LogP contribution in [0.25, 0.3) is 0 Å². The van der Waals surface area contributed by atoms with E-state index in [0.29, 0.717) is 5.56 Å². The van der Waals surface area contributed by atoms with Gasteiger partial charge in [0, 0.05) is 7.05 Å². The van der Waals surface area contributed by atoms with Crippen molar-refractivity contribution in [1.82, 2.24) is 4.90 Å². The Bertz CT molecular complexity index is 460. The summed E-state index contributed by atoms with van der Waals surface area (Å²) in [5.74, 6) is -1.68. The van der Waals surface area contributed by atoms with Crippen LogP contribution in [0.2, 0.25) is 0 Å². The van der Waals surface area contributed by atoms with Gasteiger partial charge >= 0.3 is 0 Å². The van der Waals surface area contributed by atoms with Crippen molar-refractivity contribution in [1.29, 1.82) is 0 Å². The number of hydrogen-bond acceptors (Lipinski definition) is 2. The van der Waals surface area contributed by atoms with Gasteiger partial charge in [-0.05, 0) is 23.8 Å². The highest BCUT2D eigenvalue weighted by Crippen LogP contribution is 2.20. The number of primary amides is 1. The van der Waals surface area contributed by atoms with E-state index in [0.717, 1.165) is 11.0 Å². The van der Waals surface area contributed by atoms with Gasteiger partial charge in [-0.3, -0.25) is 9.59 Å². The second-order valence-electron chi connectivity index (χ2n) is 3.51. The number of amides is 2. The molecule has 5 heteroatoms. The van der Waals surface area contributed by atoms with Crippen LogP contribution in [-0.4, -0.2) is 23.8 Å². The smallest absolute Gasteiger partial charge is 0.246 e. The molecule has 0 aliphatic heterocycles. The summed E-state index contributed by atoms with van der Waals surface area (Å²) in [6.07, 6.45) is 1.06. The van der Waals surface area contributed by atoms with Crippen molar-refractivity contribution in [3.05, 3.63) is 48.3 Å². The SMILES string of the molecule is C=CC(=O)N(C)C(C(N)=O)c1cccc(F)c1. The van der Waals surface area contributed by atoms with Crippen LogP contribution in [0.1, 0.15) is 11.6 Å². The summed E-state index contributed by atoms with van der Waals surface area (Å²) in [6, 6.07) is 4.40. The quantitative estimate of drug-likeness (QED) is 0.792. The summed E-state index contributed by atoms with van der Waals surface area (Å²) < 4.78 is 13.1. The minimum Gasteiger partial charge on any atom is -0.368 e. The number of rotatable bonds is 4. The molecule has 0 aliphatic carbocycles. The molecule has 90 valence electrons. The van der Waals surface area contributed by atoms with Crippen LogP contribution >= 0.6 is 0 Å². The Morgan fingerprint density at radius 3 is 2.65 bits per heavy atom. The van der Waals surface area contributed by atoms with Gasteiger partial charge in [0.15, 0.2) is 0 Å². The second kappa shape index (κ2) is 5.25. The van der Waals surface area contributed by atoms with Gasteiger partial charge in [-0.2, -0.15) is 0 Å². The molecule has 1 aromatic rings. The molecule has 0 radical (unpaired) electrons. The standard InChI is InChI=1S/C12H13FN2O2/c1-3-10(16)15(2)11(12(14)17)8-5-4-6-9(13)7-8/h3-7,11H,1H2,2H3,(H2,14,17). The first-order valence-electron chi connectivity index (χ1n) is 4.91. The fourth-order valence-corrected chi connectivity index (χ4v) is 1.53. The van der Waals surface area contributed by atoms with E-state index in [4.69, 9.17) is 5.73 Å². The van der Waals surface area contributed by atoms with Gasteiger partial charge in [-0.25, -0.2) is 4.39 Å². The maximum atomic E-state index is 13.1. The van der Waals surface area contributed by atoms with E-state index >= 15 is 0 Å². The fraction of sp³-hybridized carbons (Fsp3) is 0.167. The Hall–Kier alpha value is -2.17. The molecule has 1 unspecified atom stereocenters. The van der Waals surface area contributed by atoms with E-state index in [9.17, 15) is 14.0 Å². The van der Waals surface area contributed by atoms with Crippen molar-refractivity contribution in [2.75, 3.05) is 7.05 Å². The van der Waals surface area contributed by atoms with Crippen LogP contribution in [0.5, 0.6) is 0 Å². The number of likely N-dealkylation sites (N-methyl/N-ethyl adjacent to an activating group) is 1. The molecule has 0 spiro atoms. The van der Waals surface area contributed by atoms with E-state index in [1.807, 2.05) is 0 Å². The van der Waals surface area contributed by atoms with Gasteiger partial charge in [0.1, 0.15) is 11.9 Å². The third-order valence-corrected chi connectivity index (χ3v) is 2.34. The molecule has 0 heterocycles. The molecule has 1 rings (SSSR count). The molecule has 17 heavy (non-hydrogen) atoms. The minimum absolute atomic E-state index is 0.329. The number of carbonyl (C=O) groups is 2. The van der Waals surface area contributed by atoms with Crippen molar-refractivity contribution < 1.29 is 14.0 Å². The molecule has 0 aliphatic rings. The number of nitrogens with two attached hydrogens (primary N) is 1. The molecular formula is C12H13FN2O2. The number of carbonyl (C=O) groups excluding carboxylic acids is 2. The third-order valence-electron chi connectivity index (χ3n) is 2.34. The van der Waals surface area contributed by atoms with Gasteiger partial charge in [-0.1, -0.05) is 18.7 Å². The second-order valence-corrected chi connectivity index (χ2v) is 3.51. The zero-order valence-electron chi connectivity index (χ0n) is 9.39. The number of nitrogens with zero attached hydrogens (tertiary/aromatic N) is 1. The molecular weight excluding hydrogens is 223 g/mol. The first-order valence-corrected chi connectivity index (χ1v) is 4.91. The summed E-state index contributed by atoms with van der Waals surface area (Å²) in [5, 5.41) is 0. The molecule has 2 N–H and O–H groups in total. The highest BCUT2D eigenvalue weighted by Gasteiger charge is 2.25. The number of benzene rings is 1. The number of hydrogen-bond donors (Lipinski definition) is 1. The van der Waals surface area contributed by atoms with Gasteiger partial charge < -0.3 is 10.6 Å². The van der Waals surface area contributed by atoms with Crippen LogP contribution in [-0.2, 0) is 9.59 Å². The predicted molar refractivity (Wildman–Crippen MR) is 61.3 cm³/mol. The normalized spacial score (nSPS) is 11.6. The zero-order valence-corrected chi connectivity index (χ0v) is 9.39. The van der Waals surface area contributed by atoms with Crippen molar-refractivity contribution in [2.24, 2.45) is 5.73 Å². The summed E-state index contributed by atoms with van der Waals surface area (Å²) in [7, 11) is 1.41. The minimum atomic E-state index is -1.00. The Kier molecular flexibility index (Phi) is 3.98. The van der Waals surface area contributed by atoms with Crippen LogP contribution in [0.4, 0.5) is 4.39 Å². The van der Waals surface area contributed by atoms with E-state index in [1.165, 1.54) is 31.3 Å². The Balaban J connectivity index is 3.14. The maximum absolute atomic E-state index is 13.1. The molecule has 0 saturated carbocycles. The van der Waals surface area contributed by atoms with E-state index in [-0.39, 0.29) is 0 Å². The van der Waals surface area contributed by atoms with E-state index < -0.39 is 23.7 Å². The lowest BCUT2D eigenvalue weighted by Gasteiger charge is -2.24. The summed E-state index contributed by atoms with van der Waals surface area (Å²) >= 11 is 0. The molecule has 0 aromatic heterocycles. The summed E-state index contributed by atoms with van der Waals surface area (Å²) in [6.45, 7) is 3.32.